The Morgan fingerprint density at radius 3 is 2.67 bits per heavy atom. The van der Waals surface area contributed by atoms with Crippen molar-refractivity contribution in [2.24, 2.45) is 5.73 Å². The van der Waals surface area contributed by atoms with Gasteiger partial charge < -0.3 is 15.8 Å². The zero-order valence-electron chi connectivity index (χ0n) is 11.5. The molecule has 3 N–H and O–H groups in total. The number of nitrogens with one attached hydrogen (secondary N) is 1. The molecule has 0 bridgehead atoms. The first-order valence-electron chi connectivity index (χ1n) is 6.76. The number of nitrogens with two attached hydrogens (primary N) is 1. The van der Waals surface area contributed by atoms with Crippen LogP contribution < -0.4 is 11.1 Å². The average molecular weight is 274 g/mol. The molecule has 1 aliphatic heterocycles. The number of primary amides is 1. The highest BCUT2D eigenvalue weighted by Gasteiger charge is 2.27. The van der Waals surface area contributed by atoms with Crippen molar-refractivity contribution in [2.45, 2.75) is 49.8 Å². The Morgan fingerprint density at radius 2 is 2.11 bits per heavy atom. The van der Waals surface area contributed by atoms with Crippen molar-refractivity contribution in [3.63, 3.8) is 0 Å². The van der Waals surface area contributed by atoms with E-state index in [1.165, 1.54) is 18.6 Å². The van der Waals surface area contributed by atoms with Gasteiger partial charge in [-0.05, 0) is 45.4 Å². The summed E-state index contributed by atoms with van der Waals surface area (Å²) in [5.41, 5.74) is 4.84. The molecular formula is C13H26N2O2S. The smallest absolute Gasteiger partial charge is 0.237 e. The van der Waals surface area contributed by atoms with Crippen molar-refractivity contribution in [2.75, 3.05) is 26.0 Å². The minimum atomic E-state index is -0.552. The first-order chi connectivity index (χ1) is 8.58. The Balaban J connectivity index is 2.08. The van der Waals surface area contributed by atoms with Crippen molar-refractivity contribution in [1.82, 2.24) is 5.32 Å². The van der Waals surface area contributed by atoms with Gasteiger partial charge in [-0.1, -0.05) is 6.42 Å². The van der Waals surface area contributed by atoms with Crippen LogP contribution in [0.1, 0.15) is 39.0 Å². The van der Waals surface area contributed by atoms with Gasteiger partial charge in [0.15, 0.2) is 0 Å². The highest BCUT2D eigenvalue weighted by Crippen LogP contribution is 2.23. The molecule has 1 saturated heterocycles. The second kappa shape index (κ2) is 8.02. The fourth-order valence-corrected chi connectivity index (χ4v) is 3.27. The molecule has 0 spiro atoms. The van der Waals surface area contributed by atoms with Gasteiger partial charge in [0.05, 0.1) is 5.54 Å². The van der Waals surface area contributed by atoms with Crippen molar-refractivity contribution in [3.05, 3.63) is 0 Å². The molecule has 0 saturated carbocycles. The SMILES string of the molecule is CNC(C)(CCCCSC1CCOCC1)C(N)=O. The number of carbonyl (C=O) groups is 1. The Bertz CT molecular complexity index is 257. The molecule has 4 nitrogen and oxygen atoms in total. The third kappa shape index (κ3) is 5.16. The Hall–Kier alpha value is -0.260. The molecule has 1 unspecified atom stereocenters. The molecule has 1 aliphatic rings. The normalized spacial score (nSPS) is 20.6. The van der Waals surface area contributed by atoms with Crippen molar-refractivity contribution in [1.29, 1.82) is 0 Å². The van der Waals surface area contributed by atoms with Crippen LogP contribution in [-0.2, 0) is 9.53 Å². The third-order valence-corrected chi connectivity index (χ3v) is 5.16. The molecule has 0 aliphatic carbocycles. The largest absolute Gasteiger partial charge is 0.381 e. The van der Waals surface area contributed by atoms with E-state index in [-0.39, 0.29) is 5.91 Å². The monoisotopic (exact) mass is 274 g/mol. The van der Waals surface area contributed by atoms with E-state index in [1.54, 1.807) is 7.05 Å². The number of unbranched alkanes of at least 4 members (excludes halogenated alkanes) is 1. The van der Waals surface area contributed by atoms with Crippen molar-refractivity contribution in [3.8, 4) is 0 Å². The van der Waals surface area contributed by atoms with Crippen LogP contribution >= 0.6 is 11.8 Å². The fourth-order valence-electron chi connectivity index (χ4n) is 2.04. The van der Waals surface area contributed by atoms with Gasteiger partial charge in [0.1, 0.15) is 0 Å². The zero-order valence-corrected chi connectivity index (χ0v) is 12.4. The van der Waals surface area contributed by atoms with Gasteiger partial charge in [-0.2, -0.15) is 11.8 Å². The highest BCUT2D eigenvalue weighted by molar-refractivity contribution is 7.99. The van der Waals surface area contributed by atoms with Crippen LogP contribution in [0.5, 0.6) is 0 Å². The molecule has 1 rings (SSSR count). The second-order valence-corrected chi connectivity index (χ2v) is 6.49. The molecule has 1 atom stereocenters. The molecule has 0 aromatic carbocycles. The molecule has 1 fully saturated rings. The van der Waals surface area contributed by atoms with Crippen LogP contribution in [0.4, 0.5) is 0 Å². The van der Waals surface area contributed by atoms with E-state index in [0.717, 1.165) is 37.7 Å². The topological polar surface area (TPSA) is 64.3 Å². The predicted octanol–water partition coefficient (Wildman–Crippen LogP) is 1.53. The molecule has 1 heterocycles. The fraction of sp³-hybridized carbons (Fsp3) is 0.923. The summed E-state index contributed by atoms with van der Waals surface area (Å²) in [6.07, 6.45) is 5.36. The van der Waals surface area contributed by atoms with Crippen LogP contribution in [-0.4, -0.2) is 42.7 Å². The van der Waals surface area contributed by atoms with Gasteiger partial charge in [-0.15, -0.1) is 0 Å². The number of thioether (sulfide) groups is 1. The minimum Gasteiger partial charge on any atom is -0.381 e. The lowest BCUT2D eigenvalue weighted by Gasteiger charge is -2.25. The number of hydrogen-bond donors (Lipinski definition) is 2. The highest BCUT2D eigenvalue weighted by atomic mass is 32.2. The third-order valence-electron chi connectivity index (χ3n) is 3.69. The lowest BCUT2D eigenvalue weighted by atomic mass is 9.94. The van der Waals surface area contributed by atoms with E-state index in [0.29, 0.717) is 0 Å². The van der Waals surface area contributed by atoms with Crippen LogP contribution in [0.15, 0.2) is 0 Å². The van der Waals surface area contributed by atoms with Gasteiger partial charge in [0.25, 0.3) is 0 Å². The molecule has 0 radical (unpaired) electrons. The van der Waals surface area contributed by atoms with E-state index >= 15 is 0 Å². The molecule has 18 heavy (non-hydrogen) atoms. The summed E-state index contributed by atoms with van der Waals surface area (Å²) in [7, 11) is 1.79. The summed E-state index contributed by atoms with van der Waals surface area (Å²) < 4.78 is 5.34. The molecule has 0 aromatic heterocycles. The molecule has 1 amide bonds. The summed E-state index contributed by atoms with van der Waals surface area (Å²) in [5.74, 6) is 0.908. The quantitative estimate of drug-likeness (QED) is 0.659. The van der Waals surface area contributed by atoms with Gasteiger partial charge >= 0.3 is 0 Å². The summed E-state index contributed by atoms with van der Waals surface area (Å²) in [6.45, 7) is 3.70. The minimum absolute atomic E-state index is 0.262. The number of carbonyl (C=O) groups excluding carboxylic acids is 1. The van der Waals surface area contributed by atoms with E-state index in [9.17, 15) is 4.79 Å². The molecule has 5 heteroatoms. The zero-order chi connectivity index (χ0) is 13.4. The average Bonchev–Trinajstić information content (AvgIpc) is 2.39. The summed E-state index contributed by atoms with van der Waals surface area (Å²) in [6, 6.07) is 0. The number of amides is 1. The van der Waals surface area contributed by atoms with Crippen LogP contribution in [0.3, 0.4) is 0 Å². The first kappa shape index (κ1) is 15.8. The second-order valence-electron chi connectivity index (χ2n) is 5.09. The Labute approximate surface area is 114 Å². The molecule has 0 aromatic rings. The number of hydrogen-bond acceptors (Lipinski definition) is 4. The number of rotatable bonds is 8. The van der Waals surface area contributed by atoms with Crippen LogP contribution in [0, 0.1) is 0 Å². The van der Waals surface area contributed by atoms with Crippen molar-refractivity contribution < 1.29 is 9.53 Å². The Morgan fingerprint density at radius 1 is 1.44 bits per heavy atom. The summed E-state index contributed by atoms with van der Waals surface area (Å²) in [4.78, 5) is 11.3. The summed E-state index contributed by atoms with van der Waals surface area (Å²) in [5, 5.41) is 3.79. The first-order valence-corrected chi connectivity index (χ1v) is 7.81. The van der Waals surface area contributed by atoms with Gasteiger partial charge in [-0.25, -0.2) is 0 Å². The Kier molecular flexibility index (Phi) is 7.04. The van der Waals surface area contributed by atoms with Gasteiger partial charge in [-0.3, -0.25) is 4.79 Å². The van der Waals surface area contributed by atoms with E-state index < -0.39 is 5.54 Å². The predicted molar refractivity (Wildman–Crippen MR) is 76.8 cm³/mol. The van der Waals surface area contributed by atoms with Gasteiger partial charge in [0, 0.05) is 18.5 Å². The van der Waals surface area contributed by atoms with E-state index in [1.807, 2.05) is 18.7 Å². The lowest BCUT2D eigenvalue weighted by Crippen LogP contribution is -2.51. The molecule has 106 valence electrons. The molecular weight excluding hydrogens is 248 g/mol. The maximum Gasteiger partial charge on any atom is 0.237 e. The van der Waals surface area contributed by atoms with Crippen molar-refractivity contribution >= 4 is 17.7 Å². The lowest BCUT2D eigenvalue weighted by molar-refractivity contribution is -0.123. The summed E-state index contributed by atoms with van der Waals surface area (Å²) >= 11 is 2.05. The number of likely N-dealkylation sites (N-methyl/N-ethyl adjacent to an activating group) is 1. The van der Waals surface area contributed by atoms with E-state index in [2.05, 4.69) is 5.32 Å². The number of ether oxygens (including phenoxy) is 1. The maximum absolute atomic E-state index is 11.3. The van der Waals surface area contributed by atoms with Gasteiger partial charge in [0.2, 0.25) is 5.91 Å². The maximum atomic E-state index is 11.3. The standard InChI is InChI=1S/C13H26N2O2S/c1-13(15-2,12(14)16)7-3-4-10-18-11-5-8-17-9-6-11/h11,15H,3-10H2,1-2H3,(H2,14,16). The van der Waals surface area contributed by atoms with E-state index in [4.69, 9.17) is 10.5 Å². The van der Waals surface area contributed by atoms with Crippen LogP contribution in [0.25, 0.3) is 0 Å². The van der Waals surface area contributed by atoms with Crippen LogP contribution in [0.2, 0.25) is 0 Å².